The van der Waals surface area contributed by atoms with Gasteiger partial charge in [0.25, 0.3) is 0 Å². The van der Waals surface area contributed by atoms with Crippen molar-refractivity contribution in [1.82, 2.24) is 5.32 Å². The molecular weight excluding hydrogens is 238 g/mol. The molecule has 0 aliphatic carbocycles. The van der Waals surface area contributed by atoms with Crippen LogP contribution in [0.15, 0.2) is 24.3 Å². The molecule has 19 heavy (non-hydrogen) atoms. The molecule has 3 nitrogen and oxygen atoms in total. The van der Waals surface area contributed by atoms with Crippen molar-refractivity contribution in [2.45, 2.75) is 52.1 Å². The highest BCUT2D eigenvalue weighted by atomic mass is 16.5. The second kappa shape index (κ2) is 8.18. The third-order valence-electron chi connectivity index (χ3n) is 3.53. The quantitative estimate of drug-likeness (QED) is 0.721. The number of hydrogen-bond acceptors (Lipinski definition) is 3. The van der Waals surface area contributed by atoms with E-state index in [-0.39, 0.29) is 12.1 Å². The predicted molar refractivity (Wildman–Crippen MR) is 79.5 cm³/mol. The van der Waals surface area contributed by atoms with Crippen molar-refractivity contribution >= 4 is 0 Å². The van der Waals surface area contributed by atoms with E-state index in [1.165, 1.54) is 5.56 Å². The zero-order valence-corrected chi connectivity index (χ0v) is 12.4. The summed E-state index contributed by atoms with van der Waals surface area (Å²) in [4.78, 5) is 0. The van der Waals surface area contributed by atoms with Crippen LogP contribution in [-0.4, -0.2) is 23.9 Å². The largest absolute Gasteiger partial charge is 0.494 e. The van der Waals surface area contributed by atoms with Crippen LogP contribution in [0.3, 0.4) is 0 Å². The van der Waals surface area contributed by atoms with E-state index in [0.717, 1.165) is 38.2 Å². The summed E-state index contributed by atoms with van der Waals surface area (Å²) in [6, 6.07) is 8.20. The third-order valence-corrected chi connectivity index (χ3v) is 3.53. The molecule has 2 N–H and O–H groups in total. The van der Waals surface area contributed by atoms with Crippen molar-refractivity contribution in [3.8, 4) is 5.75 Å². The molecule has 0 bridgehead atoms. The monoisotopic (exact) mass is 265 g/mol. The third kappa shape index (κ3) is 5.62. The summed E-state index contributed by atoms with van der Waals surface area (Å²) in [7, 11) is 0. The van der Waals surface area contributed by atoms with Gasteiger partial charge in [-0.1, -0.05) is 26.0 Å². The zero-order chi connectivity index (χ0) is 14.1. The number of ether oxygens (including phenoxy) is 1. The van der Waals surface area contributed by atoms with Gasteiger partial charge in [0.2, 0.25) is 0 Å². The maximum absolute atomic E-state index is 9.11. The van der Waals surface area contributed by atoms with Crippen LogP contribution >= 0.6 is 0 Å². The van der Waals surface area contributed by atoms with Gasteiger partial charge in [0.05, 0.1) is 6.61 Å². The Morgan fingerprint density at radius 1 is 1.32 bits per heavy atom. The summed E-state index contributed by atoms with van der Waals surface area (Å²) >= 11 is 0. The van der Waals surface area contributed by atoms with Crippen LogP contribution in [-0.2, 0) is 6.54 Å². The van der Waals surface area contributed by atoms with Crippen LogP contribution in [0.1, 0.15) is 45.6 Å². The van der Waals surface area contributed by atoms with Crippen molar-refractivity contribution in [3.63, 3.8) is 0 Å². The Kier molecular flexibility index (Phi) is 6.89. The lowest BCUT2D eigenvalue weighted by molar-refractivity contribution is 0.214. The molecule has 0 radical (unpaired) electrons. The molecule has 0 fully saturated rings. The number of benzene rings is 1. The summed E-state index contributed by atoms with van der Waals surface area (Å²) in [5.41, 5.74) is 1.21. The molecule has 1 aromatic rings. The smallest absolute Gasteiger partial charge is 0.119 e. The highest BCUT2D eigenvalue weighted by Crippen LogP contribution is 2.17. The summed E-state index contributed by atoms with van der Waals surface area (Å²) in [5, 5.41) is 12.6. The molecule has 1 aromatic carbocycles. The van der Waals surface area contributed by atoms with Gasteiger partial charge in [-0.25, -0.2) is 0 Å². The second-order valence-electron chi connectivity index (χ2n) is 5.24. The van der Waals surface area contributed by atoms with Crippen LogP contribution in [0, 0.1) is 0 Å². The second-order valence-corrected chi connectivity index (χ2v) is 5.24. The summed E-state index contributed by atoms with van der Waals surface area (Å²) < 4.78 is 5.63. The average molecular weight is 265 g/mol. The highest BCUT2D eigenvalue weighted by molar-refractivity contribution is 5.28. The molecule has 1 rings (SSSR count). The fourth-order valence-corrected chi connectivity index (χ4v) is 1.92. The van der Waals surface area contributed by atoms with E-state index in [1.807, 2.05) is 12.1 Å². The van der Waals surface area contributed by atoms with Gasteiger partial charge < -0.3 is 15.2 Å². The van der Waals surface area contributed by atoms with E-state index in [4.69, 9.17) is 9.84 Å². The molecule has 108 valence electrons. The maximum Gasteiger partial charge on any atom is 0.119 e. The molecule has 1 atom stereocenters. The lowest BCUT2D eigenvalue weighted by Gasteiger charge is -2.29. The van der Waals surface area contributed by atoms with Gasteiger partial charge >= 0.3 is 0 Å². The molecule has 0 aromatic heterocycles. The molecule has 0 saturated heterocycles. The van der Waals surface area contributed by atoms with E-state index >= 15 is 0 Å². The predicted octanol–water partition coefficient (Wildman–Crippen LogP) is 3.12. The Morgan fingerprint density at radius 3 is 2.74 bits per heavy atom. The SMILES string of the molecule is CCCOc1cccc(CNC(C)(CC)CCO)c1. The van der Waals surface area contributed by atoms with Crippen LogP contribution in [0.4, 0.5) is 0 Å². The first-order valence-electron chi connectivity index (χ1n) is 7.21. The number of hydrogen-bond donors (Lipinski definition) is 2. The maximum atomic E-state index is 9.11. The van der Waals surface area contributed by atoms with Crippen LogP contribution < -0.4 is 10.1 Å². The fourth-order valence-electron chi connectivity index (χ4n) is 1.92. The summed E-state index contributed by atoms with van der Waals surface area (Å²) in [6.45, 7) is 8.18. The van der Waals surface area contributed by atoms with Crippen LogP contribution in [0.5, 0.6) is 5.75 Å². The van der Waals surface area contributed by atoms with E-state index in [9.17, 15) is 0 Å². The minimum Gasteiger partial charge on any atom is -0.494 e. The van der Waals surface area contributed by atoms with Gasteiger partial charge in [0.1, 0.15) is 5.75 Å². The fraction of sp³-hybridized carbons (Fsp3) is 0.625. The van der Waals surface area contributed by atoms with Crippen molar-refractivity contribution in [2.75, 3.05) is 13.2 Å². The molecule has 0 aliphatic heterocycles. The van der Waals surface area contributed by atoms with Crippen molar-refractivity contribution in [3.05, 3.63) is 29.8 Å². The first kappa shape index (κ1) is 16.0. The normalized spacial score (nSPS) is 14.1. The van der Waals surface area contributed by atoms with E-state index in [1.54, 1.807) is 0 Å². The Bertz CT molecular complexity index is 368. The Balaban J connectivity index is 2.56. The topological polar surface area (TPSA) is 41.5 Å². The molecule has 3 heteroatoms. The molecule has 0 aliphatic rings. The van der Waals surface area contributed by atoms with E-state index in [0.29, 0.717) is 0 Å². The molecular formula is C16H27NO2. The van der Waals surface area contributed by atoms with Crippen molar-refractivity contribution in [2.24, 2.45) is 0 Å². The first-order valence-corrected chi connectivity index (χ1v) is 7.21. The lowest BCUT2D eigenvalue weighted by Crippen LogP contribution is -2.42. The van der Waals surface area contributed by atoms with Crippen molar-refractivity contribution in [1.29, 1.82) is 0 Å². The first-order chi connectivity index (χ1) is 9.13. The minimum atomic E-state index is -0.00493. The van der Waals surface area contributed by atoms with Gasteiger partial charge in [-0.15, -0.1) is 0 Å². The average Bonchev–Trinajstić information content (AvgIpc) is 2.44. The molecule has 0 saturated carbocycles. The van der Waals surface area contributed by atoms with Gasteiger partial charge in [0.15, 0.2) is 0 Å². The summed E-state index contributed by atoms with van der Waals surface area (Å²) in [6.07, 6.45) is 2.79. The van der Waals surface area contributed by atoms with Gasteiger partial charge in [0, 0.05) is 18.7 Å². The van der Waals surface area contributed by atoms with Gasteiger partial charge in [-0.05, 0) is 43.9 Å². The number of nitrogens with one attached hydrogen (secondary N) is 1. The van der Waals surface area contributed by atoms with Crippen molar-refractivity contribution < 1.29 is 9.84 Å². The Labute approximate surface area is 117 Å². The molecule has 0 spiro atoms. The number of aliphatic hydroxyl groups is 1. The standard InChI is InChI=1S/C16H27NO2/c1-4-11-19-15-8-6-7-14(12-15)13-17-16(3,5-2)9-10-18/h6-8,12,17-18H,4-5,9-11,13H2,1-3H3. The van der Waals surface area contributed by atoms with Crippen LogP contribution in [0.2, 0.25) is 0 Å². The Morgan fingerprint density at radius 2 is 2.11 bits per heavy atom. The van der Waals surface area contributed by atoms with E-state index in [2.05, 4.69) is 38.2 Å². The van der Waals surface area contributed by atoms with E-state index < -0.39 is 0 Å². The zero-order valence-electron chi connectivity index (χ0n) is 12.4. The number of rotatable bonds is 9. The lowest BCUT2D eigenvalue weighted by atomic mass is 9.94. The summed E-state index contributed by atoms with van der Waals surface area (Å²) in [5.74, 6) is 0.932. The molecule has 0 heterocycles. The van der Waals surface area contributed by atoms with Crippen LogP contribution in [0.25, 0.3) is 0 Å². The molecule has 0 amide bonds. The van der Waals surface area contributed by atoms with Gasteiger partial charge in [-0.3, -0.25) is 0 Å². The highest BCUT2D eigenvalue weighted by Gasteiger charge is 2.20. The minimum absolute atomic E-state index is 0.00493. The molecule has 1 unspecified atom stereocenters. The Hall–Kier alpha value is -1.06. The van der Waals surface area contributed by atoms with Gasteiger partial charge in [-0.2, -0.15) is 0 Å². The number of aliphatic hydroxyl groups excluding tert-OH is 1.